The number of urea groups is 1. The molecule has 2 heterocycles. The first-order valence-electron chi connectivity index (χ1n) is 8.67. The maximum Gasteiger partial charge on any atom is 0.317 e. The molecule has 2 amide bonds. The summed E-state index contributed by atoms with van der Waals surface area (Å²) in [6.07, 6.45) is 2.73. The van der Waals surface area contributed by atoms with Crippen molar-refractivity contribution in [3.8, 4) is 5.75 Å². The Morgan fingerprint density at radius 2 is 2.04 bits per heavy atom. The molecule has 1 aromatic rings. The van der Waals surface area contributed by atoms with Gasteiger partial charge in [0.1, 0.15) is 11.9 Å². The van der Waals surface area contributed by atoms with Crippen LogP contribution in [0.2, 0.25) is 0 Å². The summed E-state index contributed by atoms with van der Waals surface area (Å²) in [5.41, 5.74) is 0. The first-order chi connectivity index (χ1) is 11.2. The van der Waals surface area contributed by atoms with Gasteiger partial charge in [-0.15, -0.1) is 0 Å². The normalized spacial score (nSPS) is 22.5. The smallest absolute Gasteiger partial charge is 0.317 e. The summed E-state index contributed by atoms with van der Waals surface area (Å²) >= 11 is 0. The number of nitrogens with zero attached hydrogens (tertiary/aromatic N) is 2. The van der Waals surface area contributed by atoms with E-state index < -0.39 is 0 Å². The number of carbonyl (C=O) groups is 1. The van der Waals surface area contributed by atoms with Crippen molar-refractivity contribution in [2.45, 2.75) is 25.9 Å². The van der Waals surface area contributed by atoms with E-state index >= 15 is 0 Å². The molecule has 0 unspecified atom stereocenters. The molecule has 2 aliphatic rings. The number of hydrogen-bond acceptors (Lipinski definition) is 3. The fraction of sp³-hybridized carbons (Fsp3) is 0.611. The number of nitrogens with one attached hydrogen (secondary N) is 1. The number of benzene rings is 1. The van der Waals surface area contributed by atoms with Crippen LogP contribution in [-0.4, -0.2) is 61.2 Å². The van der Waals surface area contributed by atoms with E-state index in [9.17, 15) is 4.79 Å². The molecule has 3 rings (SSSR count). The molecule has 126 valence electrons. The van der Waals surface area contributed by atoms with Gasteiger partial charge >= 0.3 is 6.03 Å². The van der Waals surface area contributed by atoms with Gasteiger partial charge in [0.05, 0.1) is 13.1 Å². The Labute approximate surface area is 138 Å². The van der Waals surface area contributed by atoms with Gasteiger partial charge in [-0.05, 0) is 37.4 Å². The number of rotatable bonds is 5. The minimum absolute atomic E-state index is 0.0305. The highest BCUT2D eigenvalue weighted by atomic mass is 16.5. The highest BCUT2D eigenvalue weighted by molar-refractivity contribution is 5.75. The third-order valence-corrected chi connectivity index (χ3v) is 4.63. The maximum atomic E-state index is 12.1. The zero-order valence-corrected chi connectivity index (χ0v) is 13.9. The van der Waals surface area contributed by atoms with Crippen LogP contribution in [0.3, 0.4) is 0 Å². The van der Waals surface area contributed by atoms with Crippen LogP contribution in [0.15, 0.2) is 30.3 Å². The van der Waals surface area contributed by atoms with Gasteiger partial charge in [-0.2, -0.15) is 0 Å². The molecule has 0 spiro atoms. The largest absolute Gasteiger partial charge is 0.487 e. The van der Waals surface area contributed by atoms with Gasteiger partial charge < -0.3 is 19.9 Å². The van der Waals surface area contributed by atoms with Crippen molar-refractivity contribution in [2.24, 2.45) is 5.92 Å². The first kappa shape index (κ1) is 16.1. The van der Waals surface area contributed by atoms with Crippen LogP contribution >= 0.6 is 0 Å². The molecule has 5 nitrogen and oxygen atoms in total. The summed E-state index contributed by atoms with van der Waals surface area (Å²) in [5, 5.41) is 3.02. The minimum Gasteiger partial charge on any atom is -0.487 e. The van der Waals surface area contributed by atoms with Gasteiger partial charge in [0, 0.05) is 19.6 Å². The number of carbonyl (C=O) groups excluding carboxylic acids is 1. The molecule has 2 aliphatic heterocycles. The summed E-state index contributed by atoms with van der Waals surface area (Å²) in [6.45, 7) is 7.64. The van der Waals surface area contributed by atoms with Gasteiger partial charge in [0.25, 0.3) is 0 Å². The summed E-state index contributed by atoms with van der Waals surface area (Å²) in [5.74, 6) is 1.66. The second kappa shape index (κ2) is 7.68. The lowest BCUT2D eigenvalue weighted by atomic mass is 10.0. The standard InChI is InChI=1S/C18H27N3O2/c1-15-6-5-10-20(12-15)11-9-19-18(22)21-13-17(14-21)23-16-7-3-2-4-8-16/h2-4,7-8,15,17H,5-6,9-14H2,1H3,(H,19,22)/t15-/m1/s1. The molecular weight excluding hydrogens is 290 g/mol. The van der Waals surface area contributed by atoms with Gasteiger partial charge in [0.15, 0.2) is 0 Å². The van der Waals surface area contributed by atoms with Crippen molar-refractivity contribution >= 4 is 6.03 Å². The van der Waals surface area contributed by atoms with Crippen LogP contribution in [0.4, 0.5) is 4.79 Å². The summed E-state index contributed by atoms with van der Waals surface area (Å²) in [4.78, 5) is 16.3. The van der Waals surface area contributed by atoms with Crippen LogP contribution in [-0.2, 0) is 0 Å². The Morgan fingerprint density at radius 3 is 2.78 bits per heavy atom. The van der Waals surface area contributed by atoms with Crippen LogP contribution in [0.25, 0.3) is 0 Å². The number of ether oxygens (including phenoxy) is 1. The van der Waals surface area contributed by atoms with Crippen molar-refractivity contribution in [1.82, 2.24) is 15.1 Å². The Bertz CT molecular complexity index is 502. The molecule has 0 saturated carbocycles. The molecule has 2 fully saturated rings. The highest BCUT2D eigenvalue weighted by Crippen LogP contribution is 2.17. The lowest BCUT2D eigenvalue weighted by Crippen LogP contribution is -2.59. The third-order valence-electron chi connectivity index (χ3n) is 4.63. The monoisotopic (exact) mass is 317 g/mol. The number of likely N-dealkylation sites (tertiary alicyclic amines) is 2. The number of hydrogen-bond donors (Lipinski definition) is 1. The zero-order valence-electron chi connectivity index (χ0n) is 13.9. The molecule has 1 N–H and O–H groups in total. The Hall–Kier alpha value is -1.75. The van der Waals surface area contributed by atoms with Crippen LogP contribution < -0.4 is 10.1 Å². The maximum absolute atomic E-state index is 12.1. The second-order valence-electron chi connectivity index (χ2n) is 6.74. The van der Waals surface area contributed by atoms with Crippen LogP contribution in [0.1, 0.15) is 19.8 Å². The van der Waals surface area contributed by atoms with E-state index in [2.05, 4.69) is 17.1 Å². The molecule has 23 heavy (non-hydrogen) atoms. The molecule has 1 aromatic carbocycles. The Morgan fingerprint density at radius 1 is 1.26 bits per heavy atom. The number of para-hydroxylation sites is 1. The summed E-state index contributed by atoms with van der Waals surface area (Å²) in [7, 11) is 0. The van der Waals surface area contributed by atoms with Gasteiger partial charge in [-0.3, -0.25) is 0 Å². The Balaban J connectivity index is 1.30. The van der Waals surface area contributed by atoms with E-state index in [1.54, 1.807) is 0 Å². The third kappa shape index (κ3) is 4.61. The minimum atomic E-state index is 0.0305. The van der Waals surface area contributed by atoms with Crippen molar-refractivity contribution in [3.05, 3.63) is 30.3 Å². The van der Waals surface area contributed by atoms with Gasteiger partial charge in [-0.25, -0.2) is 4.79 Å². The number of amides is 2. The van der Waals surface area contributed by atoms with Crippen molar-refractivity contribution < 1.29 is 9.53 Å². The fourth-order valence-corrected chi connectivity index (χ4v) is 3.29. The van der Waals surface area contributed by atoms with Crippen molar-refractivity contribution in [3.63, 3.8) is 0 Å². The van der Waals surface area contributed by atoms with E-state index in [0.717, 1.165) is 37.8 Å². The van der Waals surface area contributed by atoms with E-state index in [1.807, 2.05) is 35.2 Å². The quantitative estimate of drug-likeness (QED) is 0.905. The Kier molecular flexibility index (Phi) is 5.39. The first-order valence-corrected chi connectivity index (χ1v) is 8.67. The molecule has 2 saturated heterocycles. The fourth-order valence-electron chi connectivity index (χ4n) is 3.29. The predicted molar refractivity (Wildman–Crippen MR) is 90.7 cm³/mol. The molecule has 0 aromatic heterocycles. The van der Waals surface area contributed by atoms with E-state index in [-0.39, 0.29) is 12.1 Å². The van der Waals surface area contributed by atoms with Crippen LogP contribution in [0.5, 0.6) is 5.75 Å². The molecule has 0 aliphatic carbocycles. The SMILES string of the molecule is C[C@@H]1CCCN(CCNC(=O)N2CC(Oc3ccccc3)C2)C1. The second-order valence-corrected chi connectivity index (χ2v) is 6.74. The van der Waals surface area contributed by atoms with Crippen LogP contribution in [0, 0.1) is 5.92 Å². The average molecular weight is 317 g/mol. The topological polar surface area (TPSA) is 44.8 Å². The predicted octanol–water partition coefficient (Wildman–Crippen LogP) is 2.19. The molecule has 5 heteroatoms. The van der Waals surface area contributed by atoms with Gasteiger partial charge in [-0.1, -0.05) is 25.1 Å². The molecule has 0 bridgehead atoms. The number of piperidine rings is 1. The lowest BCUT2D eigenvalue weighted by Gasteiger charge is -2.39. The van der Waals surface area contributed by atoms with Crippen molar-refractivity contribution in [2.75, 3.05) is 39.3 Å². The molecular formula is C18H27N3O2. The van der Waals surface area contributed by atoms with E-state index in [1.165, 1.54) is 12.8 Å². The lowest BCUT2D eigenvalue weighted by molar-refractivity contribution is 0.0441. The average Bonchev–Trinajstić information content (AvgIpc) is 2.51. The molecule has 1 atom stereocenters. The highest BCUT2D eigenvalue weighted by Gasteiger charge is 2.32. The summed E-state index contributed by atoms with van der Waals surface area (Å²) < 4.78 is 5.81. The zero-order chi connectivity index (χ0) is 16.1. The van der Waals surface area contributed by atoms with E-state index in [4.69, 9.17) is 4.74 Å². The van der Waals surface area contributed by atoms with E-state index in [0.29, 0.717) is 13.1 Å². The molecule has 0 radical (unpaired) electrons. The summed E-state index contributed by atoms with van der Waals surface area (Å²) in [6, 6.07) is 9.81. The van der Waals surface area contributed by atoms with Crippen molar-refractivity contribution in [1.29, 1.82) is 0 Å². The van der Waals surface area contributed by atoms with Gasteiger partial charge in [0.2, 0.25) is 0 Å².